The molecular formula is C31H39FNO5P. The number of methoxy groups -OCH3 is 2. The summed E-state index contributed by atoms with van der Waals surface area (Å²) in [6.45, 7) is 7.94. The molecule has 8 heteroatoms. The molecule has 39 heavy (non-hydrogen) atoms. The molecule has 1 aliphatic carbocycles. The molecule has 0 amide bonds. The lowest BCUT2D eigenvalue weighted by atomic mass is 9.81. The molecular weight excluding hydrogens is 516 g/mol. The third kappa shape index (κ3) is 7.47. The SMILES string of the molecule is COc1ccc(F)c(-c2ccc(COc3cc(C(CP(C)(=O)O)C4CC4)ccn3)cc2[C@@H](OC)C(C)(C)C)c1. The quantitative estimate of drug-likeness (QED) is 0.246. The Balaban J connectivity index is 1.64. The minimum atomic E-state index is -3.16. The van der Waals surface area contributed by atoms with Crippen LogP contribution in [0.2, 0.25) is 0 Å². The van der Waals surface area contributed by atoms with Gasteiger partial charge in [0.05, 0.1) is 13.2 Å². The van der Waals surface area contributed by atoms with Crippen molar-refractivity contribution in [3.63, 3.8) is 0 Å². The Bertz CT molecular complexity index is 1350. The number of halogens is 1. The molecule has 1 aliphatic rings. The van der Waals surface area contributed by atoms with E-state index < -0.39 is 7.37 Å². The summed E-state index contributed by atoms with van der Waals surface area (Å²) in [5.41, 5.74) is 3.66. The minimum absolute atomic E-state index is 0.0223. The predicted molar refractivity (Wildman–Crippen MR) is 152 cm³/mol. The van der Waals surface area contributed by atoms with Crippen LogP contribution < -0.4 is 9.47 Å². The van der Waals surface area contributed by atoms with E-state index in [-0.39, 0.29) is 36.0 Å². The van der Waals surface area contributed by atoms with Crippen molar-refractivity contribution in [3.05, 3.63) is 77.2 Å². The maximum atomic E-state index is 15.0. The van der Waals surface area contributed by atoms with Crippen molar-refractivity contribution in [2.75, 3.05) is 27.0 Å². The molecule has 0 aliphatic heterocycles. The number of hydrogen-bond acceptors (Lipinski definition) is 5. The van der Waals surface area contributed by atoms with Crippen molar-refractivity contribution >= 4 is 7.37 Å². The van der Waals surface area contributed by atoms with Gasteiger partial charge >= 0.3 is 0 Å². The fourth-order valence-corrected chi connectivity index (χ4v) is 6.47. The lowest BCUT2D eigenvalue weighted by Crippen LogP contribution is -2.21. The Hall–Kier alpha value is -2.73. The first kappa shape index (κ1) is 29.3. The second-order valence-electron chi connectivity index (χ2n) is 11.6. The highest BCUT2D eigenvalue weighted by atomic mass is 31.2. The molecule has 1 heterocycles. The standard InChI is InChI=1S/C31H39FNO5P/c1-31(2,3)30(37-5)26-15-20(7-11-24(26)25-17-23(36-4)10-12-28(25)32)18-38-29-16-22(13-14-33-29)27(21-8-9-21)19-39(6,34)35/h7,10-17,21,27,30H,8-9,18-19H2,1-6H3,(H,34,35)/t27?,30-/m1/s1. The topological polar surface area (TPSA) is 77.9 Å². The molecule has 210 valence electrons. The lowest BCUT2D eigenvalue weighted by Gasteiger charge is -2.32. The number of nitrogens with zero attached hydrogens (tertiary/aromatic N) is 1. The second-order valence-corrected chi connectivity index (χ2v) is 14.1. The third-order valence-corrected chi connectivity index (χ3v) is 8.26. The zero-order chi connectivity index (χ0) is 28.4. The molecule has 0 spiro atoms. The van der Waals surface area contributed by atoms with Crippen LogP contribution in [0.15, 0.2) is 54.7 Å². The fraction of sp³-hybridized carbons (Fsp3) is 0.452. The second kappa shape index (κ2) is 11.8. The Morgan fingerprint density at radius 2 is 1.82 bits per heavy atom. The summed E-state index contributed by atoms with van der Waals surface area (Å²) in [4.78, 5) is 14.4. The first-order chi connectivity index (χ1) is 18.4. The van der Waals surface area contributed by atoms with Crippen molar-refractivity contribution < 1.29 is 28.1 Å². The minimum Gasteiger partial charge on any atom is -0.497 e. The van der Waals surface area contributed by atoms with E-state index in [0.717, 1.165) is 35.1 Å². The van der Waals surface area contributed by atoms with Crippen molar-refractivity contribution in [1.29, 1.82) is 0 Å². The van der Waals surface area contributed by atoms with Gasteiger partial charge in [0.25, 0.3) is 0 Å². The van der Waals surface area contributed by atoms with Crippen LogP contribution in [0.1, 0.15) is 62.3 Å². The molecule has 2 unspecified atom stereocenters. The highest BCUT2D eigenvalue weighted by Crippen LogP contribution is 2.50. The molecule has 3 atom stereocenters. The Labute approximate surface area is 231 Å². The smallest absolute Gasteiger partial charge is 0.213 e. The molecule has 0 bridgehead atoms. The molecule has 1 aromatic heterocycles. The van der Waals surface area contributed by atoms with Crippen LogP contribution in [-0.4, -0.2) is 36.9 Å². The van der Waals surface area contributed by atoms with Gasteiger partial charge in [-0.15, -0.1) is 0 Å². The van der Waals surface area contributed by atoms with E-state index in [4.69, 9.17) is 14.2 Å². The van der Waals surface area contributed by atoms with Gasteiger partial charge in [0.15, 0.2) is 7.37 Å². The molecule has 2 aromatic carbocycles. The number of benzene rings is 2. The van der Waals surface area contributed by atoms with E-state index in [1.54, 1.807) is 32.5 Å². The number of hydrogen-bond donors (Lipinski definition) is 1. The zero-order valence-corrected chi connectivity index (χ0v) is 24.5. The summed E-state index contributed by atoms with van der Waals surface area (Å²) >= 11 is 0. The largest absolute Gasteiger partial charge is 0.497 e. The van der Waals surface area contributed by atoms with Crippen LogP contribution in [0.5, 0.6) is 11.6 Å². The van der Waals surface area contributed by atoms with Crippen LogP contribution >= 0.6 is 7.37 Å². The third-order valence-electron chi connectivity index (χ3n) is 7.18. The summed E-state index contributed by atoms with van der Waals surface area (Å²) in [5, 5.41) is 0. The van der Waals surface area contributed by atoms with Gasteiger partial charge in [-0.1, -0.05) is 32.9 Å². The van der Waals surface area contributed by atoms with Gasteiger partial charge in [-0.3, -0.25) is 4.57 Å². The maximum absolute atomic E-state index is 15.0. The van der Waals surface area contributed by atoms with E-state index in [2.05, 4.69) is 25.8 Å². The first-order valence-corrected chi connectivity index (χ1v) is 15.6. The molecule has 0 saturated heterocycles. The summed E-state index contributed by atoms with van der Waals surface area (Å²) in [7, 11) is 0.0680. The normalized spacial score (nSPS) is 16.8. The number of pyridine rings is 1. The van der Waals surface area contributed by atoms with E-state index in [0.29, 0.717) is 23.1 Å². The van der Waals surface area contributed by atoms with Crippen molar-refractivity contribution in [1.82, 2.24) is 4.98 Å². The highest BCUT2D eigenvalue weighted by Gasteiger charge is 2.35. The zero-order valence-electron chi connectivity index (χ0n) is 23.6. The van der Waals surface area contributed by atoms with Gasteiger partial charge in [0.2, 0.25) is 5.88 Å². The van der Waals surface area contributed by atoms with E-state index >= 15 is 4.39 Å². The van der Waals surface area contributed by atoms with Gasteiger partial charge in [-0.05, 0) is 82.7 Å². The Kier molecular flexibility index (Phi) is 8.85. The molecule has 1 N–H and O–H groups in total. The first-order valence-electron chi connectivity index (χ1n) is 13.3. The number of rotatable bonds is 11. The van der Waals surface area contributed by atoms with Crippen LogP contribution in [0, 0.1) is 17.2 Å². The lowest BCUT2D eigenvalue weighted by molar-refractivity contribution is 0.0155. The van der Waals surface area contributed by atoms with Crippen molar-refractivity contribution in [2.45, 2.75) is 52.2 Å². The summed E-state index contributed by atoms with van der Waals surface area (Å²) in [6, 6.07) is 14.3. The van der Waals surface area contributed by atoms with E-state index in [1.807, 2.05) is 30.3 Å². The van der Waals surface area contributed by atoms with Gasteiger partial charge in [0.1, 0.15) is 18.2 Å². The van der Waals surface area contributed by atoms with Crippen LogP contribution in [0.3, 0.4) is 0 Å². The van der Waals surface area contributed by atoms with Crippen LogP contribution in [-0.2, 0) is 15.9 Å². The molecule has 4 rings (SSSR count). The average molecular weight is 556 g/mol. The molecule has 0 radical (unpaired) electrons. The number of aromatic nitrogens is 1. The predicted octanol–water partition coefficient (Wildman–Crippen LogP) is 7.60. The average Bonchev–Trinajstić information content (AvgIpc) is 3.71. The maximum Gasteiger partial charge on any atom is 0.213 e. The highest BCUT2D eigenvalue weighted by molar-refractivity contribution is 7.57. The van der Waals surface area contributed by atoms with E-state index in [9.17, 15) is 9.46 Å². The summed E-state index contributed by atoms with van der Waals surface area (Å²) in [5.74, 6) is 1.15. The van der Waals surface area contributed by atoms with Gasteiger partial charge < -0.3 is 19.1 Å². The van der Waals surface area contributed by atoms with Gasteiger partial charge in [0, 0.05) is 37.8 Å². The van der Waals surface area contributed by atoms with Crippen molar-refractivity contribution in [2.24, 2.45) is 11.3 Å². The van der Waals surface area contributed by atoms with Crippen LogP contribution in [0.25, 0.3) is 11.1 Å². The van der Waals surface area contributed by atoms with E-state index in [1.165, 1.54) is 12.7 Å². The summed E-state index contributed by atoms with van der Waals surface area (Å²) in [6.07, 6.45) is 3.79. The molecule has 1 saturated carbocycles. The molecule has 1 fully saturated rings. The fourth-order valence-electron chi connectivity index (χ4n) is 5.23. The number of ether oxygens (including phenoxy) is 3. The Morgan fingerprint density at radius 1 is 1.08 bits per heavy atom. The summed E-state index contributed by atoms with van der Waals surface area (Å²) < 4.78 is 44.6. The Morgan fingerprint density at radius 3 is 2.44 bits per heavy atom. The van der Waals surface area contributed by atoms with Crippen molar-refractivity contribution in [3.8, 4) is 22.8 Å². The van der Waals surface area contributed by atoms with Gasteiger partial charge in [-0.2, -0.15) is 0 Å². The molecule has 6 nitrogen and oxygen atoms in total. The monoisotopic (exact) mass is 555 g/mol. The molecule has 3 aromatic rings. The van der Waals surface area contributed by atoms with Gasteiger partial charge in [-0.25, -0.2) is 9.37 Å². The van der Waals surface area contributed by atoms with Crippen LogP contribution in [0.4, 0.5) is 4.39 Å².